The Morgan fingerprint density at radius 2 is 1.89 bits per heavy atom. The number of β-lactam (4-membered cyclic amide) rings is 1. The van der Waals surface area contributed by atoms with Crippen molar-refractivity contribution in [3.8, 4) is 5.75 Å². The molecule has 47 heavy (non-hydrogen) atoms. The van der Waals surface area contributed by atoms with Crippen molar-refractivity contribution < 1.29 is 49.2 Å². The Labute approximate surface area is 283 Å². The van der Waals surface area contributed by atoms with Crippen LogP contribution >= 0.6 is 58.2 Å². The van der Waals surface area contributed by atoms with Crippen LogP contribution in [0, 0.1) is 0 Å². The molecule has 0 spiro atoms. The maximum atomic E-state index is 13.4. The van der Waals surface area contributed by atoms with Crippen molar-refractivity contribution in [2.24, 2.45) is 5.16 Å². The number of thiazole rings is 1. The quantitative estimate of drug-likeness (QED) is 0.0428. The number of carboxylic acids is 3. The summed E-state index contributed by atoms with van der Waals surface area (Å²) >= 11 is 4.58. The summed E-state index contributed by atoms with van der Waals surface area (Å²) in [4.78, 5) is 84.6. The van der Waals surface area contributed by atoms with Gasteiger partial charge in [-0.15, -0.1) is 34.9 Å². The lowest BCUT2D eigenvalue weighted by molar-refractivity contribution is -0.150. The number of phenolic OH excluding ortho intramolecular Hbond substituents is 1. The number of hydrogen-bond donors (Lipinski definition) is 7. The summed E-state index contributed by atoms with van der Waals surface area (Å²) in [7, 11) is 0. The molecule has 3 aromatic rings. The largest absolute Gasteiger partial charge is 0.508 e. The van der Waals surface area contributed by atoms with E-state index < -0.39 is 63.4 Å². The van der Waals surface area contributed by atoms with E-state index in [1.165, 1.54) is 29.6 Å². The topological polar surface area (TPSA) is 275 Å². The molecule has 0 aliphatic carbocycles. The van der Waals surface area contributed by atoms with E-state index in [2.05, 4.69) is 19.8 Å². The van der Waals surface area contributed by atoms with Gasteiger partial charge in [0, 0.05) is 21.8 Å². The smallest absolute Gasteiger partial charge is 0.358 e. The number of oxime groups is 1. The number of carbonyl (C=O) groups is 5. The molecule has 0 bridgehead atoms. The number of carbonyl (C=O) groups excluding carboxylic acids is 2. The van der Waals surface area contributed by atoms with Crippen molar-refractivity contribution in [1.82, 2.24) is 19.6 Å². The third kappa shape index (κ3) is 7.25. The summed E-state index contributed by atoms with van der Waals surface area (Å²) in [5.74, 6) is -5.95. The predicted molar refractivity (Wildman–Crippen MR) is 172 cm³/mol. The molecule has 0 radical (unpaired) electrons. The average molecular weight is 741 g/mol. The third-order valence-corrected chi connectivity index (χ3v) is 11.6. The first-order valence-corrected chi connectivity index (χ1v) is 17.4. The molecular formula is C25H20N6O11S5. The highest BCUT2D eigenvalue weighted by atomic mass is 32.2. The number of aromatic carboxylic acids is 1. The Morgan fingerprint density at radius 3 is 2.51 bits per heavy atom. The number of nitrogens with zero attached hydrogens (tertiary/aromatic N) is 3. The van der Waals surface area contributed by atoms with Crippen molar-refractivity contribution in [3.05, 3.63) is 62.5 Å². The van der Waals surface area contributed by atoms with E-state index in [1.807, 2.05) is 0 Å². The van der Waals surface area contributed by atoms with Crippen LogP contribution in [0.1, 0.15) is 16.1 Å². The van der Waals surface area contributed by atoms with Crippen LogP contribution in [0.2, 0.25) is 0 Å². The molecule has 2 aliphatic rings. The Morgan fingerprint density at radius 1 is 1.17 bits per heavy atom. The minimum absolute atomic E-state index is 0.0253. The van der Waals surface area contributed by atoms with E-state index in [4.69, 9.17) is 10.6 Å². The number of thioether (sulfide) groups is 3. The van der Waals surface area contributed by atoms with E-state index in [0.29, 0.717) is 10.5 Å². The van der Waals surface area contributed by atoms with Gasteiger partial charge in [0.25, 0.3) is 22.8 Å². The van der Waals surface area contributed by atoms with Gasteiger partial charge in [0.05, 0.1) is 4.21 Å². The summed E-state index contributed by atoms with van der Waals surface area (Å²) in [5, 5.41) is 45.3. The Balaban J connectivity index is 1.33. The Kier molecular flexibility index (Phi) is 10.1. The molecule has 4 heterocycles. The number of amides is 2. The van der Waals surface area contributed by atoms with E-state index >= 15 is 0 Å². The number of nitrogens with two attached hydrogens (primary N) is 1. The SMILES string of the molecule is Nc1nc(C(=NO[C@H](Sc2ccc(O)cc2)C(=O)O)C(=O)N[C@@H]2C(=O)N3C(C(=O)O)=C(CSc4s[nH]c(=O)c4C(=O)O)CS[C@@H]23)cs1. The molecule has 1 saturated heterocycles. The second kappa shape index (κ2) is 14.1. The van der Waals surface area contributed by atoms with Crippen LogP contribution in [-0.2, 0) is 24.0 Å². The summed E-state index contributed by atoms with van der Waals surface area (Å²) in [6.07, 6.45) is 0. The number of phenols is 1. The molecule has 2 amide bonds. The summed E-state index contributed by atoms with van der Waals surface area (Å²) < 4.78 is 2.48. The summed E-state index contributed by atoms with van der Waals surface area (Å²) in [5.41, 5.74) is 2.26. The first-order valence-electron chi connectivity index (χ1n) is 12.8. The first-order chi connectivity index (χ1) is 22.3. The molecule has 22 heteroatoms. The molecule has 246 valence electrons. The van der Waals surface area contributed by atoms with Gasteiger partial charge in [-0.05, 0) is 29.8 Å². The number of benzene rings is 1. The standard InChI is InChI=1S/C25H20N6O11S5/c26-25-27-11(7-45-25)13(29-42-23(22(40)41)46-10-3-1-9(32)2-4-10)17(34)28-14-18(35)31-15(21(38)39)8(5-43-19(14)31)6-44-24-12(20(36)37)16(33)30-47-24/h1-4,7,14,19,23,32H,5-6H2,(H2,26,27)(H,28,34)(H,30,33)(H,36,37)(H,38,39)(H,40,41)/t14-,19+,23-/m1/s1. The number of aromatic hydroxyl groups is 1. The Bertz CT molecular complexity index is 1890. The molecule has 8 N–H and O–H groups in total. The van der Waals surface area contributed by atoms with Gasteiger partial charge >= 0.3 is 17.9 Å². The van der Waals surface area contributed by atoms with Crippen molar-refractivity contribution >= 4 is 98.7 Å². The molecule has 3 atom stereocenters. The predicted octanol–water partition coefficient (Wildman–Crippen LogP) is 1.33. The van der Waals surface area contributed by atoms with Gasteiger partial charge in [-0.25, -0.2) is 19.4 Å². The third-order valence-electron chi connectivity index (χ3n) is 6.30. The lowest BCUT2D eigenvalue weighted by atomic mass is 10.0. The van der Waals surface area contributed by atoms with Gasteiger partial charge in [-0.3, -0.25) is 23.7 Å². The number of carboxylic acid groups (broad SMARTS) is 3. The highest BCUT2D eigenvalue weighted by Crippen LogP contribution is 2.42. The van der Waals surface area contributed by atoms with Crippen LogP contribution in [0.4, 0.5) is 5.13 Å². The van der Waals surface area contributed by atoms with E-state index in [-0.39, 0.29) is 38.0 Å². The number of hydrogen-bond acceptors (Lipinski definition) is 16. The van der Waals surface area contributed by atoms with Gasteiger partial charge in [-0.1, -0.05) is 28.5 Å². The van der Waals surface area contributed by atoms with Crippen LogP contribution in [0.25, 0.3) is 0 Å². The number of rotatable bonds is 13. The van der Waals surface area contributed by atoms with Gasteiger partial charge in [0.1, 0.15) is 28.6 Å². The van der Waals surface area contributed by atoms with E-state index in [1.54, 1.807) is 0 Å². The summed E-state index contributed by atoms with van der Waals surface area (Å²) in [6, 6.07) is 4.39. The minimum Gasteiger partial charge on any atom is -0.508 e. The van der Waals surface area contributed by atoms with Crippen molar-refractivity contribution in [2.75, 3.05) is 17.2 Å². The van der Waals surface area contributed by atoms with E-state index in [0.717, 1.165) is 63.1 Å². The number of fused-ring (bicyclic) bond motifs is 1. The molecule has 1 fully saturated rings. The molecule has 5 rings (SSSR count). The van der Waals surface area contributed by atoms with Crippen LogP contribution in [-0.4, -0.2) is 98.5 Å². The fourth-order valence-electron chi connectivity index (χ4n) is 4.20. The fraction of sp³-hybridized carbons (Fsp3) is 0.200. The molecule has 2 aromatic heterocycles. The molecule has 17 nitrogen and oxygen atoms in total. The monoisotopic (exact) mass is 740 g/mol. The summed E-state index contributed by atoms with van der Waals surface area (Å²) in [6.45, 7) is 0. The number of H-pyrrole nitrogens is 1. The molecular weight excluding hydrogens is 721 g/mol. The van der Waals surface area contributed by atoms with Crippen molar-refractivity contribution in [2.45, 2.75) is 26.0 Å². The number of nitrogen functional groups attached to an aromatic ring is 1. The zero-order valence-corrected chi connectivity index (χ0v) is 27.2. The highest BCUT2D eigenvalue weighted by Gasteiger charge is 2.54. The number of aromatic amines is 1. The second-order valence-corrected chi connectivity index (χ2v) is 14.5. The zero-order valence-electron chi connectivity index (χ0n) is 23.1. The number of aliphatic carboxylic acids is 2. The molecule has 0 unspecified atom stereocenters. The lowest BCUT2D eigenvalue weighted by Crippen LogP contribution is -2.71. The van der Waals surface area contributed by atoms with E-state index in [9.17, 15) is 49.2 Å². The van der Waals surface area contributed by atoms with Gasteiger partial charge in [0.2, 0.25) is 0 Å². The highest BCUT2D eigenvalue weighted by molar-refractivity contribution is 8.02. The fourth-order valence-corrected chi connectivity index (χ4v) is 8.92. The van der Waals surface area contributed by atoms with Crippen LogP contribution in [0.3, 0.4) is 0 Å². The number of anilines is 1. The normalized spacial score (nSPS) is 18.3. The maximum absolute atomic E-state index is 13.4. The Hall–Kier alpha value is -4.51. The maximum Gasteiger partial charge on any atom is 0.358 e. The van der Waals surface area contributed by atoms with Crippen LogP contribution in [0.5, 0.6) is 5.75 Å². The number of nitrogens with one attached hydrogen (secondary N) is 2. The molecule has 1 aromatic carbocycles. The van der Waals surface area contributed by atoms with Crippen LogP contribution in [0.15, 0.2) is 60.0 Å². The van der Waals surface area contributed by atoms with Gasteiger partial charge in [0.15, 0.2) is 16.4 Å². The minimum atomic E-state index is -1.63. The zero-order chi connectivity index (χ0) is 34.0. The van der Waals surface area contributed by atoms with Crippen molar-refractivity contribution in [1.29, 1.82) is 0 Å². The van der Waals surface area contributed by atoms with Crippen LogP contribution < -0.4 is 16.6 Å². The average Bonchev–Trinajstić information content (AvgIpc) is 3.63. The van der Waals surface area contributed by atoms with Gasteiger partial charge in [-0.2, -0.15) is 0 Å². The van der Waals surface area contributed by atoms with Crippen molar-refractivity contribution in [3.63, 3.8) is 0 Å². The molecule has 2 aliphatic heterocycles. The lowest BCUT2D eigenvalue weighted by Gasteiger charge is -2.49. The second-order valence-electron chi connectivity index (χ2n) is 9.31. The number of aromatic nitrogens is 2. The first kappa shape index (κ1) is 33.8. The van der Waals surface area contributed by atoms with Gasteiger partial charge < -0.3 is 36.3 Å². The molecule has 0 saturated carbocycles.